The molecule has 0 aliphatic heterocycles. The zero-order valence-corrected chi connectivity index (χ0v) is 13.9. The maximum absolute atomic E-state index is 4.08. The summed E-state index contributed by atoms with van der Waals surface area (Å²) in [5.41, 5.74) is 1.09. The molecular weight excluding hydrogens is 236 g/mol. The Hall–Kier alpha value is -0.900. The predicted molar refractivity (Wildman–Crippen MR) is 84.5 cm³/mol. The van der Waals surface area contributed by atoms with Gasteiger partial charge in [0.25, 0.3) is 0 Å². The summed E-state index contributed by atoms with van der Waals surface area (Å²) in [7, 11) is 2.00. The number of nitrogens with one attached hydrogen (secondary N) is 1. The lowest BCUT2D eigenvalue weighted by molar-refractivity contribution is 0.519. The van der Waals surface area contributed by atoms with Gasteiger partial charge in [-0.05, 0) is 32.9 Å². The maximum atomic E-state index is 4.08. The highest BCUT2D eigenvalue weighted by atomic mass is 15.4. The van der Waals surface area contributed by atoms with Crippen LogP contribution in [0.4, 0.5) is 0 Å². The van der Waals surface area contributed by atoms with Gasteiger partial charge in [0.05, 0.1) is 5.69 Å². The van der Waals surface area contributed by atoms with Gasteiger partial charge in [0.15, 0.2) is 0 Å². The standard InChI is InChI=1S/C11H22N4.2C2H6/c1-3-11-10-15(14-13-11)9-7-5-4-6-8-12-2;2*1-2/h10,12H,3-9H2,1-2H3;2*1-2H3. The first-order valence-electron chi connectivity index (χ1n) is 7.90. The fourth-order valence-electron chi connectivity index (χ4n) is 1.54. The Balaban J connectivity index is 0. The van der Waals surface area contributed by atoms with Crippen molar-refractivity contribution < 1.29 is 0 Å². The van der Waals surface area contributed by atoms with Crippen LogP contribution in [0.3, 0.4) is 0 Å². The van der Waals surface area contributed by atoms with Crippen molar-refractivity contribution >= 4 is 0 Å². The van der Waals surface area contributed by atoms with E-state index in [4.69, 9.17) is 0 Å². The van der Waals surface area contributed by atoms with E-state index >= 15 is 0 Å². The van der Waals surface area contributed by atoms with Crippen LogP contribution in [0.1, 0.15) is 66.0 Å². The zero-order valence-electron chi connectivity index (χ0n) is 13.9. The van der Waals surface area contributed by atoms with E-state index in [1.165, 1.54) is 25.7 Å². The second-order valence-corrected chi connectivity index (χ2v) is 3.84. The predicted octanol–water partition coefficient (Wildman–Crippen LogP) is 3.67. The molecule has 0 aliphatic carbocycles. The lowest BCUT2D eigenvalue weighted by Crippen LogP contribution is -2.07. The number of nitrogens with zero attached hydrogens (tertiary/aromatic N) is 3. The molecule has 0 bridgehead atoms. The Morgan fingerprint density at radius 3 is 2.21 bits per heavy atom. The van der Waals surface area contributed by atoms with E-state index in [-0.39, 0.29) is 0 Å². The molecule has 0 aromatic carbocycles. The van der Waals surface area contributed by atoms with Crippen LogP contribution in [0.2, 0.25) is 0 Å². The second kappa shape index (κ2) is 17.1. The molecule has 1 N–H and O–H groups in total. The second-order valence-electron chi connectivity index (χ2n) is 3.84. The molecule has 0 unspecified atom stereocenters. The molecule has 4 heteroatoms. The quantitative estimate of drug-likeness (QED) is 0.733. The molecular formula is C15H34N4. The van der Waals surface area contributed by atoms with Crippen LogP contribution in [0.15, 0.2) is 6.20 Å². The fraction of sp³-hybridized carbons (Fsp3) is 0.867. The van der Waals surface area contributed by atoms with E-state index in [0.29, 0.717) is 0 Å². The smallest absolute Gasteiger partial charge is 0.0824 e. The number of aryl methyl sites for hydroxylation is 2. The van der Waals surface area contributed by atoms with Crippen LogP contribution in [-0.4, -0.2) is 28.6 Å². The van der Waals surface area contributed by atoms with Crippen LogP contribution < -0.4 is 5.32 Å². The third-order valence-electron chi connectivity index (χ3n) is 2.51. The lowest BCUT2D eigenvalue weighted by Gasteiger charge is -2.01. The van der Waals surface area contributed by atoms with Gasteiger partial charge in [-0.3, -0.25) is 4.68 Å². The van der Waals surface area contributed by atoms with Gasteiger partial charge in [-0.15, -0.1) is 5.10 Å². The Labute approximate surface area is 120 Å². The van der Waals surface area contributed by atoms with E-state index in [1.807, 2.05) is 45.6 Å². The normalized spacial score (nSPS) is 9.16. The van der Waals surface area contributed by atoms with Crippen molar-refractivity contribution in [1.82, 2.24) is 20.3 Å². The third-order valence-corrected chi connectivity index (χ3v) is 2.51. The molecule has 4 nitrogen and oxygen atoms in total. The van der Waals surface area contributed by atoms with Gasteiger partial charge in [-0.25, -0.2) is 0 Å². The van der Waals surface area contributed by atoms with Crippen LogP contribution in [-0.2, 0) is 13.0 Å². The highest BCUT2D eigenvalue weighted by Crippen LogP contribution is 2.02. The Morgan fingerprint density at radius 1 is 1.05 bits per heavy atom. The fourth-order valence-corrected chi connectivity index (χ4v) is 1.54. The first kappa shape index (κ1) is 20.4. The van der Waals surface area contributed by atoms with E-state index < -0.39 is 0 Å². The number of aromatic nitrogens is 3. The number of rotatable bonds is 8. The van der Waals surface area contributed by atoms with Crippen LogP contribution in [0.5, 0.6) is 0 Å². The van der Waals surface area contributed by atoms with Gasteiger partial charge in [0.1, 0.15) is 0 Å². The Kier molecular flexibility index (Phi) is 18.4. The monoisotopic (exact) mass is 270 g/mol. The largest absolute Gasteiger partial charge is 0.320 e. The number of hydrogen-bond acceptors (Lipinski definition) is 3. The van der Waals surface area contributed by atoms with Crippen LogP contribution in [0.25, 0.3) is 0 Å². The molecule has 0 amide bonds. The van der Waals surface area contributed by atoms with Crippen LogP contribution in [0, 0.1) is 0 Å². The molecule has 0 spiro atoms. The summed E-state index contributed by atoms with van der Waals surface area (Å²) in [5, 5.41) is 11.3. The van der Waals surface area contributed by atoms with E-state index in [1.54, 1.807) is 0 Å². The molecule has 0 saturated heterocycles. The Bertz CT molecular complexity index is 258. The highest BCUT2D eigenvalue weighted by Gasteiger charge is 1.97. The van der Waals surface area contributed by atoms with Crippen LogP contribution >= 0.6 is 0 Å². The van der Waals surface area contributed by atoms with E-state index in [2.05, 4.69) is 22.6 Å². The van der Waals surface area contributed by atoms with Gasteiger partial charge < -0.3 is 5.32 Å². The molecule has 19 heavy (non-hydrogen) atoms. The minimum Gasteiger partial charge on any atom is -0.320 e. The zero-order chi connectivity index (χ0) is 14.9. The first-order chi connectivity index (χ1) is 9.36. The van der Waals surface area contributed by atoms with Crippen molar-refractivity contribution in [2.24, 2.45) is 0 Å². The molecule has 0 aliphatic rings. The molecule has 0 atom stereocenters. The summed E-state index contributed by atoms with van der Waals surface area (Å²) >= 11 is 0. The van der Waals surface area contributed by atoms with Gasteiger partial charge in [-0.2, -0.15) is 0 Å². The van der Waals surface area contributed by atoms with Gasteiger partial charge >= 0.3 is 0 Å². The molecule has 1 aromatic rings. The summed E-state index contributed by atoms with van der Waals surface area (Å²) in [6.07, 6.45) is 8.08. The molecule has 1 rings (SSSR count). The molecule has 0 fully saturated rings. The molecule has 1 heterocycles. The summed E-state index contributed by atoms with van der Waals surface area (Å²) in [6.45, 7) is 12.2. The highest BCUT2D eigenvalue weighted by molar-refractivity contribution is 4.90. The van der Waals surface area contributed by atoms with Crippen molar-refractivity contribution in [2.75, 3.05) is 13.6 Å². The first-order valence-corrected chi connectivity index (χ1v) is 7.90. The molecule has 0 radical (unpaired) electrons. The summed E-state index contributed by atoms with van der Waals surface area (Å²) in [6, 6.07) is 0. The van der Waals surface area contributed by atoms with Crippen molar-refractivity contribution in [3.8, 4) is 0 Å². The Morgan fingerprint density at radius 2 is 1.68 bits per heavy atom. The SMILES string of the molecule is CC.CC.CCc1cn(CCCCCCNC)nn1. The minimum absolute atomic E-state index is 0.974. The van der Waals surface area contributed by atoms with Gasteiger partial charge in [0.2, 0.25) is 0 Å². The summed E-state index contributed by atoms with van der Waals surface area (Å²) < 4.78 is 1.96. The minimum atomic E-state index is 0.974. The third kappa shape index (κ3) is 11.9. The summed E-state index contributed by atoms with van der Waals surface area (Å²) in [4.78, 5) is 0. The van der Waals surface area contributed by atoms with Crippen molar-refractivity contribution in [1.29, 1.82) is 0 Å². The summed E-state index contributed by atoms with van der Waals surface area (Å²) in [5.74, 6) is 0. The number of unbranched alkanes of at least 4 members (excludes halogenated alkanes) is 3. The molecule has 114 valence electrons. The average Bonchev–Trinajstić information content (AvgIpc) is 2.95. The number of hydrogen-bond donors (Lipinski definition) is 1. The maximum Gasteiger partial charge on any atom is 0.0824 e. The van der Waals surface area contributed by atoms with Gasteiger partial charge in [-0.1, -0.05) is 52.7 Å². The van der Waals surface area contributed by atoms with E-state index in [9.17, 15) is 0 Å². The van der Waals surface area contributed by atoms with Gasteiger partial charge in [0, 0.05) is 12.7 Å². The van der Waals surface area contributed by atoms with E-state index in [0.717, 1.165) is 25.2 Å². The molecule has 0 saturated carbocycles. The topological polar surface area (TPSA) is 42.7 Å². The van der Waals surface area contributed by atoms with Crippen molar-refractivity contribution in [2.45, 2.75) is 73.3 Å². The molecule has 1 aromatic heterocycles. The average molecular weight is 270 g/mol. The lowest BCUT2D eigenvalue weighted by atomic mass is 10.2. The van der Waals surface area contributed by atoms with Crippen molar-refractivity contribution in [3.63, 3.8) is 0 Å². The van der Waals surface area contributed by atoms with Crippen molar-refractivity contribution in [3.05, 3.63) is 11.9 Å².